The first-order valence-corrected chi connectivity index (χ1v) is 6.64. The number of fused-ring (bicyclic) bond motifs is 1. The highest BCUT2D eigenvalue weighted by Gasteiger charge is 2.30. The zero-order valence-corrected chi connectivity index (χ0v) is 11.2. The molecule has 0 aromatic carbocycles. The number of pyridine rings is 1. The molecule has 6 heteroatoms. The summed E-state index contributed by atoms with van der Waals surface area (Å²) in [4.78, 5) is 17.9. The Labute approximate surface area is 115 Å². The van der Waals surface area contributed by atoms with E-state index in [9.17, 15) is 9.18 Å². The molecule has 20 heavy (non-hydrogen) atoms. The van der Waals surface area contributed by atoms with E-state index in [2.05, 4.69) is 4.98 Å². The van der Waals surface area contributed by atoms with Gasteiger partial charge in [0.25, 0.3) is 5.91 Å². The summed E-state index contributed by atoms with van der Waals surface area (Å²) in [5, 5.41) is 9.10. The summed E-state index contributed by atoms with van der Waals surface area (Å²) in [6.07, 6.45) is 2.37. The molecule has 0 saturated carbocycles. The van der Waals surface area contributed by atoms with Crippen LogP contribution in [-0.2, 0) is 0 Å². The third-order valence-corrected chi connectivity index (χ3v) is 3.74. The average Bonchev–Trinajstić information content (AvgIpc) is 3.04. The van der Waals surface area contributed by atoms with Gasteiger partial charge in [-0.3, -0.25) is 9.20 Å². The van der Waals surface area contributed by atoms with Crippen molar-refractivity contribution in [2.24, 2.45) is 5.92 Å². The van der Waals surface area contributed by atoms with Crippen LogP contribution in [0, 0.1) is 18.8 Å². The number of hydrogen-bond donors (Lipinski definition) is 1. The van der Waals surface area contributed by atoms with Crippen LogP contribution in [0.5, 0.6) is 0 Å². The molecule has 0 spiro atoms. The van der Waals surface area contributed by atoms with Gasteiger partial charge in [0.15, 0.2) is 5.69 Å². The first-order valence-electron chi connectivity index (χ1n) is 6.64. The van der Waals surface area contributed by atoms with Crippen molar-refractivity contribution in [3.05, 3.63) is 35.5 Å². The summed E-state index contributed by atoms with van der Waals surface area (Å²) >= 11 is 0. The molecule has 1 N–H and O–H groups in total. The predicted octanol–water partition coefficient (Wildman–Crippen LogP) is 1.24. The fourth-order valence-electron chi connectivity index (χ4n) is 2.57. The van der Waals surface area contributed by atoms with E-state index in [0.29, 0.717) is 18.7 Å². The normalized spacial score (nSPS) is 18.9. The van der Waals surface area contributed by atoms with Crippen LogP contribution in [0.3, 0.4) is 0 Å². The van der Waals surface area contributed by atoms with E-state index in [1.165, 1.54) is 4.40 Å². The first kappa shape index (κ1) is 13.1. The number of imidazole rings is 1. The number of amides is 1. The highest BCUT2D eigenvalue weighted by atomic mass is 19.1. The lowest BCUT2D eigenvalue weighted by Gasteiger charge is -2.14. The molecular weight excluding hydrogens is 261 g/mol. The minimum absolute atomic E-state index is 0.0522. The average molecular weight is 277 g/mol. The third-order valence-electron chi connectivity index (χ3n) is 3.74. The SMILES string of the molecule is Cc1ccc2nc(C(=O)N3CC[C@H](CO)C3)c(F)n2c1. The molecule has 106 valence electrons. The van der Waals surface area contributed by atoms with Crippen LogP contribution in [0.25, 0.3) is 5.65 Å². The lowest BCUT2D eigenvalue weighted by Crippen LogP contribution is -2.30. The number of halogens is 1. The summed E-state index contributed by atoms with van der Waals surface area (Å²) < 4.78 is 15.6. The van der Waals surface area contributed by atoms with Crippen LogP contribution >= 0.6 is 0 Å². The smallest absolute Gasteiger partial charge is 0.277 e. The van der Waals surface area contributed by atoms with Gasteiger partial charge in [-0.15, -0.1) is 0 Å². The highest BCUT2D eigenvalue weighted by molar-refractivity contribution is 5.93. The molecule has 0 bridgehead atoms. The Morgan fingerprint density at radius 1 is 1.55 bits per heavy atom. The van der Waals surface area contributed by atoms with Gasteiger partial charge in [0.1, 0.15) is 5.65 Å². The van der Waals surface area contributed by atoms with E-state index in [0.717, 1.165) is 12.0 Å². The summed E-state index contributed by atoms with van der Waals surface area (Å²) in [6.45, 7) is 2.90. The topological polar surface area (TPSA) is 57.8 Å². The maximum absolute atomic E-state index is 14.3. The largest absolute Gasteiger partial charge is 0.396 e. The van der Waals surface area contributed by atoms with Crippen molar-refractivity contribution in [1.29, 1.82) is 0 Å². The number of nitrogens with zero attached hydrogens (tertiary/aromatic N) is 3. The van der Waals surface area contributed by atoms with Gasteiger partial charge in [-0.1, -0.05) is 6.07 Å². The van der Waals surface area contributed by atoms with E-state index in [-0.39, 0.29) is 18.2 Å². The monoisotopic (exact) mass is 277 g/mol. The van der Waals surface area contributed by atoms with Gasteiger partial charge in [-0.25, -0.2) is 4.98 Å². The molecule has 1 aliphatic rings. The molecule has 1 aliphatic heterocycles. The Morgan fingerprint density at radius 2 is 2.35 bits per heavy atom. The number of rotatable bonds is 2. The Hall–Kier alpha value is -1.95. The van der Waals surface area contributed by atoms with Gasteiger partial charge >= 0.3 is 0 Å². The lowest BCUT2D eigenvalue weighted by atomic mass is 10.1. The zero-order valence-electron chi connectivity index (χ0n) is 11.2. The molecule has 1 amide bonds. The summed E-state index contributed by atoms with van der Waals surface area (Å²) in [6, 6.07) is 3.52. The fraction of sp³-hybridized carbons (Fsp3) is 0.429. The van der Waals surface area contributed by atoms with Crippen molar-refractivity contribution in [1.82, 2.24) is 14.3 Å². The number of aromatic nitrogens is 2. The van der Waals surface area contributed by atoms with E-state index < -0.39 is 11.9 Å². The summed E-state index contributed by atoms with van der Waals surface area (Å²) in [5.41, 5.74) is 1.18. The number of hydrogen-bond acceptors (Lipinski definition) is 3. The molecule has 3 rings (SSSR count). The molecule has 5 nitrogen and oxygen atoms in total. The van der Waals surface area contributed by atoms with Gasteiger partial charge in [-0.2, -0.15) is 4.39 Å². The maximum Gasteiger partial charge on any atom is 0.277 e. The number of likely N-dealkylation sites (tertiary alicyclic amines) is 1. The Kier molecular flexibility index (Phi) is 3.17. The standard InChI is InChI=1S/C14H16FN3O2/c1-9-2-3-11-16-12(13(15)18(11)6-9)14(20)17-5-4-10(7-17)8-19/h2-3,6,10,19H,4-5,7-8H2,1H3/t10-/m0/s1. The second-order valence-corrected chi connectivity index (χ2v) is 5.27. The van der Waals surface area contributed by atoms with Gasteiger partial charge in [-0.05, 0) is 25.0 Å². The quantitative estimate of drug-likeness (QED) is 0.898. The van der Waals surface area contributed by atoms with Gasteiger partial charge < -0.3 is 10.0 Å². The third kappa shape index (κ3) is 2.06. The Balaban J connectivity index is 1.94. The van der Waals surface area contributed by atoms with Crippen LogP contribution in [0.4, 0.5) is 4.39 Å². The lowest BCUT2D eigenvalue weighted by molar-refractivity contribution is 0.0771. The minimum Gasteiger partial charge on any atom is -0.396 e. The molecule has 0 aliphatic carbocycles. The summed E-state index contributed by atoms with van der Waals surface area (Å²) in [7, 11) is 0. The fourth-order valence-corrected chi connectivity index (χ4v) is 2.57. The predicted molar refractivity (Wildman–Crippen MR) is 71.0 cm³/mol. The van der Waals surface area contributed by atoms with Gasteiger partial charge in [0, 0.05) is 31.8 Å². The van der Waals surface area contributed by atoms with Crippen LogP contribution in [0.15, 0.2) is 18.3 Å². The van der Waals surface area contributed by atoms with E-state index in [1.54, 1.807) is 17.2 Å². The van der Waals surface area contributed by atoms with E-state index >= 15 is 0 Å². The molecule has 3 heterocycles. The second-order valence-electron chi connectivity index (χ2n) is 5.27. The minimum atomic E-state index is -0.624. The van der Waals surface area contributed by atoms with Crippen LogP contribution in [0.2, 0.25) is 0 Å². The van der Waals surface area contributed by atoms with Crippen molar-refractivity contribution in [3.8, 4) is 0 Å². The van der Waals surface area contributed by atoms with Crippen molar-refractivity contribution in [2.45, 2.75) is 13.3 Å². The molecule has 0 unspecified atom stereocenters. The number of aliphatic hydroxyl groups excluding tert-OH is 1. The highest BCUT2D eigenvalue weighted by Crippen LogP contribution is 2.20. The van der Waals surface area contributed by atoms with Gasteiger partial charge in [0.2, 0.25) is 5.95 Å². The molecule has 2 aromatic heterocycles. The second kappa shape index (κ2) is 4.86. The number of carbonyl (C=O) groups excluding carboxylic acids is 1. The first-order chi connectivity index (χ1) is 9.60. The van der Waals surface area contributed by atoms with Crippen LogP contribution in [0.1, 0.15) is 22.5 Å². The van der Waals surface area contributed by atoms with Crippen molar-refractivity contribution in [3.63, 3.8) is 0 Å². The van der Waals surface area contributed by atoms with E-state index in [1.807, 2.05) is 13.0 Å². The molecule has 0 radical (unpaired) electrons. The molecule has 2 aromatic rings. The zero-order chi connectivity index (χ0) is 14.3. The van der Waals surface area contributed by atoms with Crippen LogP contribution < -0.4 is 0 Å². The Morgan fingerprint density at radius 3 is 3.05 bits per heavy atom. The number of carbonyl (C=O) groups is 1. The van der Waals surface area contributed by atoms with E-state index in [4.69, 9.17) is 5.11 Å². The van der Waals surface area contributed by atoms with Gasteiger partial charge in [0.05, 0.1) is 0 Å². The molecule has 1 atom stereocenters. The Bertz CT molecular complexity index is 668. The molecule has 1 saturated heterocycles. The number of aliphatic hydroxyl groups is 1. The molecular formula is C14H16FN3O2. The summed E-state index contributed by atoms with van der Waals surface area (Å²) in [5.74, 6) is -0.942. The van der Waals surface area contributed by atoms with Crippen molar-refractivity contribution in [2.75, 3.05) is 19.7 Å². The number of aryl methyl sites for hydroxylation is 1. The van der Waals surface area contributed by atoms with Crippen LogP contribution in [-0.4, -0.2) is 45.0 Å². The van der Waals surface area contributed by atoms with Crippen molar-refractivity contribution < 1.29 is 14.3 Å². The van der Waals surface area contributed by atoms with Crippen molar-refractivity contribution >= 4 is 11.6 Å². The maximum atomic E-state index is 14.3. The molecule has 1 fully saturated rings.